The minimum Gasteiger partial charge on any atom is -0.495 e. The van der Waals surface area contributed by atoms with E-state index in [1.165, 1.54) is 43.6 Å². The summed E-state index contributed by atoms with van der Waals surface area (Å²) < 4.78 is 32.8. The van der Waals surface area contributed by atoms with Crippen molar-refractivity contribution in [2.75, 3.05) is 7.11 Å². The molecule has 0 fully saturated rings. The third kappa shape index (κ3) is 3.42. The van der Waals surface area contributed by atoms with Crippen molar-refractivity contribution in [1.29, 1.82) is 5.26 Å². The van der Waals surface area contributed by atoms with Gasteiger partial charge in [-0.25, -0.2) is 13.4 Å². The maximum atomic E-state index is 11.1. The Morgan fingerprint density at radius 1 is 1.24 bits per heavy atom. The zero-order chi connectivity index (χ0) is 15.5. The van der Waals surface area contributed by atoms with Gasteiger partial charge in [-0.3, -0.25) is 0 Å². The summed E-state index contributed by atoms with van der Waals surface area (Å²) in [6, 6.07) is 8.90. The first-order valence-electron chi connectivity index (χ1n) is 5.61. The molecule has 0 saturated heterocycles. The highest BCUT2D eigenvalue weighted by Crippen LogP contribution is 2.29. The molecule has 0 bridgehead atoms. The molecule has 0 aliphatic rings. The number of hydrogen-bond donors (Lipinski definition) is 0. The molecule has 0 spiro atoms. The summed E-state index contributed by atoms with van der Waals surface area (Å²) >= 11 is 0. The summed E-state index contributed by atoms with van der Waals surface area (Å²) in [5.41, 5.74) is 0.147. The summed E-state index contributed by atoms with van der Waals surface area (Å²) in [6.07, 6.45) is 1.44. The summed E-state index contributed by atoms with van der Waals surface area (Å²) in [7, 11) is 2.86. The molecule has 0 aliphatic carbocycles. The number of benzene rings is 1. The average molecular weight is 325 g/mol. The molecular formula is C13H9ClN2O4S. The van der Waals surface area contributed by atoms with E-state index in [9.17, 15) is 8.42 Å². The molecule has 2 rings (SSSR count). The number of aromatic nitrogens is 1. The van der Waals surface area contributed by atoms with Gasteiger partial charge in [0.1, 0.15) is 17.6 Å². The SMILES string of the molecule is COc1ccnc(Oc2ccc(S(=O)(=O)Cl)cc2)c1C#N. The summed E-state index contributed by atoms with van der Waals surface area (Å²) in [6.45, 7) is 0. The first-order valence-corrected chi connectivity index (χ1v) is 7.92. The lowest BCUT2D eigenvalue weighted by molar-refractivity contribution is 0.403. The topological polar surface area (TPSA) is 89.3 Å². The maximum absolute atomic E-state index is 11.1. The first-order chi connectivity index (χ1) is 9.95. The summed E-state index contributed by atoms with van der Waals surface area (Å²) in [5, 5.41) is 9.11. The molecule has 0 unspecified atom stereocenters. The largest absolute Gasteiger partial charge is 0.495 e. The molecule has 108 valence electrons. The Kier molecular flexibility index (Phi) is 4.31. The van der Waals surface area contributed by atoms with Crippen molar-refractivity contribution < 1.29 is 17.9 Å². The number of rotatable bonds is 4. The molecule has 2 aromatic rings. The Labute approximate surface area is 125 Å². The second-order valence-electron chi connectivity index (χ2n) is 3.82. The van der Waals surface area contributed by atoms with Crippen LogP contribution in [0.25, 0.3) is 0 Å². The Balaban J connectivity index is 2.33. The van der Waals surface area contributed by atoms with Gasteiger partial charge in [0.05, 0.1) is 12.0 Å². The van der Waals surface area contributed by atoms with Gasteiger partial charge in [-0.05, 0) is 24.3 Å². The minimum absolute atomic E-state index is 0.0457. The van der Waals surface area contributed by atoms with Gasteiger partial charge in [0, 0.05) is 22.9 Å². The van der Waals surface area contributed by atoms with E-state index in [2.05, 4.69) is 4.98 Å². The van der Waals surface area contributed by atoms with E-state index in [4.69, 9.17) is 25.4 Å². The molecule has 0 N–H and O–H groups in total. The van der Waals surface area contributed by atoms with E-state index < -0.39 is 9.05 Å². The van der Waals surface area contributed by atoms with Crippen molar-refractivity contribution in [2.24, 2.45) is 0 Å². The lowest BCUT2D eigenvalue weighted by Gasteiger charge is -2.09. The zero-order valence-corrected chi connectivity index (χ0v) is 12.4. The normalized spacial score (nSPS) is 10.7. The van der Waals surface area contributed by atoms with Crippen molar-refractivity contribution in [3.8, 4) is 23.4 Å². The fraction of sp³-hybridized carbons (Fsp3) is 0.0769. The van der Waals surface area contributed by atoms with Crippen LogP contribution in [0, 0.1) is 11.3 Å². The fourth-order valence-electron chi connectivity index (χ4n) is 1.56. The highest BCUT2D eigenvalue weighted by Gasteiger charge is 2.13. The second kappa shape index (κ2) is 5.99. The smallest absolute Gasteiger partial charge is 0.261 e. The van der Waals surface area contributed by atoms with E-state index in [-0.39, 0.29) is 16.3 Å². The van der Waals surface area contributed by atoms with Crippen LogP contribution >= 0.6 is 10.7 Å². The Morgan fingerprint density at radius 3 is 2.43 bits per heavy atom. The highest BCUT2D eigenvalue weighted by atomic mass is 35.7. The van der Waals surface area contributed by atoms with Crippen molar-refractivity contribution in [3.63, 3.8) is 0 Å². The number of hydrogen-bond acceptors (Lipinski definition) is 6. The number of methoxy groups -OCH3 is 1. The second-order valence-corrected chi connectivity index (χ2v) is 6.38. The van der Waals surface area contributed by atoms with Crippen LogP contribution < -0.4 is 9.47 Å². The highest BCUT2D eigenvalue weighted by molar-refractivity contribution is 8.13. The molecule has 0 saturated carbocycles. The van der Waals surface area contributed by atoms with Gasteiger partial charge >= 0.3 is 0 Å². The van der Waals surface area contributed by atoms with Crippen LogP contribution in [0.1, 0.15) is 5.56 Å². The van der Waals surface area contributed by atoms with Crippen molar-refractivity contribution in [1.82, 2.24) is 4.98 Å². The molecule has 6 nitrogen and oxygen atoms in total. The van der Waals surface area contributed by atoms with Gasteiger partial charge < -0.3 is 9.47 Å². The van der Waals surface area contributed by atoms with Crippen LogP contribution in [0.5, 0.6) is 17.4 Å². The number of nitriles is 1. The molecule has 1 aromatic heterocycles. The molecule has 0 atom stereocenters. The van der Waals surface area contributed by atoms with Crippen LogP contribution in [0.15, 0.2) is 41.4 Å². The summed E-state index contributed by atoms with van der Waals surface area (Å²) in [5.74, 6) is 0.720. The molecule has 0 aliphatic heterocycles. The number of nitrogens with zero attached hydrogens (tertiary/aromatic N) is 2. The molecule has 1 heterocycles. The summed E-state index contributed by atoms with van der Waals surface area (Å²) in [4.78, 5) is 3.91. The molecule has 21 heavy (non-hydrogen) atoms. The number of pyridine rings is 1. The van der Waals surface area contributed by atoms with Crippen LogP contribution in [-0.4, -0.2) is 20.5 Å². The predicted octanol–water partition coefficient (Wildman–Crippen LogP) is 2.68. The van der Waals surface area contributed by atoms with Gasteiger partial charge in [-0.1, -0.05) is 0 Å². The van der Waals surface area contributed by atoms with Crippen molar-refractivity contribution in [3.05, 3.63) is 42.1 Å². The van der Waals surface area contributed by atoms with Gasteiger partial charge in [0.2, 0.25) is 5.88 Å². The van der Waals surface area contributed by atoms with Crippen molar-refractivity contribution in [2.45, 2.75) is 4.90 Å². The Bertz CT molecular complexity index is 798. The monoisotopic (exact) mass is 324 g/mol. The molecule has 1 aromatic carbocycles. The average Bonchev–Trinajstić information content (AvgIpc) is 2.46. The third-order valence-electron chi connectivity index (χ3n) is 2.53. The van der Waals surface area contributed by atoms with Crippen LogP contribution in [0.4, 0.5) is 0 Å². The van der Waals surface area contributed by atoms with Gasteiger partial charge in [-0.15, -0.1) is 0 Å². The minimum atomic E-state index is -3.79. The Hall–Kier alpha value is -2.30. The molecule has 8 heteroatoms. The van der Waals surface area contributed by atoms with Gasteiger partial charge in [0.25, 0.3) is 9.05 Å². The first kappa shape index (κ1) is 15.1. The quantitative estimate of drug-likeness (QED) is 0.803. The third-order valence-corrected chi connectivity index (χ3v) is 3.90. The van der Waals surface area contributed by atoms with Gasteiger partial charge in [0.15, 0.2) is 5.56 Å². The Morgan fingerprint density at radius 2 is 1.90 bits per heavy atom. The van der Waals surface area contributed by atoms with Crippen LogP contribution in [-0.2, 0) is 9.05 Å². The van der Waals surface area contributed by atoms with Crippen LogP contribution in [0.3, 0.4) is 0 Å². The van der Waals surface area contributed by atoms with E-state index in [1.807, 2.05) is 6.07 Å². The lowest BCUT2D eigenvalue weighted by atomic mass is 10.2. The fourth-order valence-corrected chi connectivity index (χ4v) is 2.33. The van der Waals surface area contributed by atoms with E-state index >= 15 is 0 Å². The number of ether oxygens (including phenoxy) is 2. The molecule has 0 amide bonds. The van der Waals surface area contributed by atoms with Crippen molar-refractivity contribution >= 4 is 19.7 Å². The van der Waals surface area contributed by atoms with E-state index in [0.717, 1.165) is 0 Å². The lowest BCUT2D eigenvalue weighted by Crippen LogP contribution is -1.96. The molecule has 0 radical (unpaired) electrons. The standard InChI is InChI=1S/C13H9ClN2O4S/c1-19-12-6-7-16-13(11(12)8-15)20-9-2-4-10(5-3-9)21(14,17)18/h2-7H,1H3. The van der Waals surface area contributed by atoms with Gasteiger partial charge in [-0.2, -0.15) is 5.26 Å². The molecular weight excluding hydrogens is 316 g/mol. The van der Waals surface area contributed by atoms with Crippen LogP contribution in [0.2, 0.25) is 0 Å². The number of halogens is 1. The van der Waals surface area contributed by atoms with E-state index in [0.29, 0.717) is 11.5 Å². The zero-order valence-electron chi connectivity index (χ0n) is 10.8. The maximum Gasteiger partial charge on any atom is 0.261 e. The van der Waals surface area contributed by atoms with E-state index in [1.54, 1.807) is 0 Å². The predicted molar refractivity (Wildman–Crippen MR) is 75.1 cm³/mol.